The van der Waals surface area contributed by atoms with Crippen LogP contribution in [0, 0.1) is 5.92 Å². The van der Waals surface area contributed by atoms with Gasteiger partial charge < -0.3 is 25.0 Å². The van der Waals surface area contributed by atoms with Crippen LogP contribution in [0.2, 0.25) is 0 Å². The number of hydrogen-bond donors (Lipinski definition) is 2. The van der Waals surface area contributed by atoms with Crippen LogP contribution in [-0.4, -0.2) is 93.5 Å². The van der Waals surface area contributed by atoms with Gasteiger partial charge in [0.25, 0.3) is 6.43 Å². The van der Waals surface area contributed by atoms with Gasteiger partial charge in [0.15, 0.2) is 5.82 Å². The van der Waals surface area contributed by atoms with E-state index in [1.165, 1.54) is 4.57 Å². The second kappa shape index (κ2) is 14.0. The lowest BCUT2D eigenvalue weighted by atomic mass is 9.86. The maximum Gasteiger partial charge on any atom is 0.410 e. The molecule has 3 aliphatic rings. The first-order chi connectivity index (χ1) is 22.6. The highest BCUT2D eigenvalue weighted by Gasteiger charge is 2.37. The summed E-state index contributed by atoms with van der Waals surface area (Å²) in [6, 6.07) is 8.30. The second-order valence-corrected chi connectivity index (χ2v) is 13.5. The van der Waals surface area contributed by atoms with E-state index in [0.717, 1.165) is 32.1 Å². The molecule has 1 aromatic carbocycles. The lowest BCUT2D eigenvalue weighted by Crippen LogP contribution is -2.50. The first kappa shape index (κ1) is 32.9. The highest BCUT2D eigenvalue weighted by molar-refractivity contribution is 5.86. The number of rotatable bonds is 8. The molecule has 4 heterocycles. The normalized spacial score (nSPS) is 22.1. The zero-order chi connectivity index (χ0) is 33.1. The molecule has 1 atom stereocenters. The van der Waals surface area contributed by atoms with Gasteiger partial charge in [0.05, 0.1) is 24.2 Å². The summed E-state index contributed by atoms with van der Waals surface area (Å²) in [6.45, 7) is 8.95. The SMILES string of the molecule is CC(C)(C)OC(=O)N1CCC[C@H]1C(=O)NC1CCC(CNc2nc(N3CCOCC3)cc(-n3c(C(F)F)nc4ccccc43)n2)CC1. The number of imidazole rings is 1. The standard InChI is InChI=1S/C33H44F2N8O4/c1-33(2,3)47-32(45)42-14-6-9-25(42)30(44)37-22-12-10-21(11-13-22)20-36-31-39-26(41-15-17-46-18-16-41)19-27(40-31)43-24-8-5-4-7-23(24)38-29(43)28(34)35/h4-5,7-8,19,21-22,25,28H,6,9-18,20H2,1-3H3,(H,37,44)(H,36,39,40)/t21?,22?,25-/m0/s1. The number of carbonyl (C=O) groups is 2. The summed E-state index contributed by atoms with van der Waals surface area (Å²) in [7, 11) is 0. The van der Waals surface area contributed by atoms with Gasteiger partial charge in [-0.25, -0.2) is 18.6 Å². The molecule has 0 unspecified atom stereocenters. The summed E-state index contributed by atoms with van der Waals surface area (Å²) in [6.07, 6.45) is 1.57. The van der Waals surface area contributed by atoms with Gasteiger partial charge in [-0.15, -0.1) is 0 Å². The summed E-state index contributed by atoms with van der Waals surface area (Å²) in [5.41, 5.74) is 0.400. The number of hydrogen-bond acceptors (Lipinski definition) is 9. The molecule has 0 radical (unpaired) electrons. The Bertz CT molecular complexity index is 1560. The van der Waals surface area contributed by atoms with Crippen LogP contribution in [0.5, 0.6) is 0 Å². The third-order valence-corrected chi connectivity index (χ3v) is 8.97. The molecule has 14 heteroatoms. The minimum atomic E-state index is -2.79. The molecule has 1 saturated carbocycles. The molecule has 2 saturated heterocycles. The number of fused-ring (bicyclic) bond motifs is 1. The fourth-order valence-corrected chi connectivity index (χ4v) is 6.62. The van der Waals surface area contributed by atoms with Crippen LogP contribution in [0.4, 0.5) is 25.3 Å². The van der Waals surface area contributed by atoms with E-state index in [0.29, 0.717) is 80.3 Å². The number of ether oxygens (including phenoxy) is 2. The van der Waals surface area contributed by atoms with Gasteiger partial charge in [0, 0.05) is 38.3 Å². The highest BCUT2D eigenvalue weighted by atomic mass is 19.3. The maximum atomic E-state index is 14.2. The number of likely N-dealkylation sites (tertiary alicyclic amines) is 1. The van der Waals surface area contributed by atoms with E-state index < -0.39 is 24.2 Å². The maximum absolute atomic E-state index is 14.2. The van der Waals surface area contributed by atoms with Crippen LogP contribution in [0.1, 0.15) is 71.5 Å². The third kappa shape index (κ3) is 7.74. The Hall–Kier alpha value is -4.07. The average molecular weight is 655 g/mol. The predicted molar refractivity (Wildman–Crippen MR) is 173 cm³/mol. The van der Waals surface area contributed by atoms with Crippen molar-refractivity contribution >= 4 is 34.8 Å². The van der Waals surface area contributed by atoms with Gasteiger partial charge in [-0.05, 0) is 77.3 Å². The zero-order valence-electron chi connectivity index (χ0n) is 27.3. The van der Waals surface area contributed by atoms with Gasteiger partial charge in [-0.1, -0.05) is 12.1 Å². The number of nitrogens with one attached hydrogen (secondary N) is 2. The van der Waals surface area contributed by atoms with Crippen LogP contribution < -0.4 is 15.5 Å². The molecule has 2 N–H and O–H groups in total. The number of aromatic nitrogens is 4. The van der Waals surface area contributed by atoms with Crippen molar-refractivity contribution in [1.82, 2.24) is 29.7 Å². The molecule has 2 aliphatic heterocycles. The Morgan fingerprint density at radius 2 is 1.72 bits per heavy atom. The summed E-state index contributed by atoms with van der Waals surface area (Å²) in [5, 5.41) is 6.56. The molecule has 2 aromatic heterocycles. The fraction of sp³-hybridized carbons (Fsp3) is 0.606. The van der Waals surface area contributed by atoms with E-state index in [9.17, 15) is 18.4 Å². The topological polar surface area (TPSA) is 127 Å². The molecule has 6 rings (SSSR count). The lowest BCUT2D eigenvalue weighted by Gasteiger charge is -2.32. The van der Waals surface area contributed by atoms with Gasteiger partial charge in [0.2, 0.25) is 11.9 Å². The van der Waals surface area contributed by atoms with Crippen LogP contribution in [0.15, 0.2) is 30.3 Å². The van der Waals surface area contributed by atoms with E-state index in [1.807, 2.05) is 20.8 Å². The highest BCUT2D eigenvalue weighted by Crippen LogP contribution is 2.30. The van der Waals surface area contributed by atoms with Gasteiger partial charge in [-0.2, -0.15) is 9.97 Å². The van der Waals surface area contributed by atoms with Crippen molar-refractivity contribution < 1.29 is 27.8 Å². The van der Waals surface area contributed by atoms with Crippen molar-refractivity contribution in [2.45, 2.75) is 83.4 Å². The van der Waals surface area contributed by atoms with Crippen molar-refractivity contribution in [2.75, 3.05) is 49.6 Å². The number of halogens is 2. The number of nitrogens with zero attached hydrogens (tertiary/aromatic N) is 6. The number of morpholine rings is 1. The smallest absolute Gasteiger partial charge is 0.410 e. The molecule has 0 spiro atoms. The van der Waals surface area contributed by atoms with Gasteiger partial charge >= 0.3 is 6.09 Å². The quantitative estimate of drug-likeness (QED) is 0.342. The fourth-order valence-electron chi connectivity index (χ4n) is 6.62. The monoisotopic (exact) mass is 654 g/mol. The minimum absolute atomic E-state index is 0.0367. The molecule has 47 heavy (non-hydrogen) atoms. The van der Waals surface area contributed by atoms with E-state index in [1.54, 1.807) is 35.2 Å². The Morgan fingerprint density at radius 1 is 1.00 bits per heavy atom. The van der Waals surface area contributed by atoms with Crippen molar-refractivity contribution in [3.8, 4) is 5.82 Å². The molecule has 2 amide bonds. The lowest BCUT2D eigenvalue weighted by molar-refractivity contribution is -0.126. The second-order valence-electron chi connectivity index (χ2n) is 13.5. The largest absolute Gasteiger partial charge is 0.444 e. The molecule has 3 fully saturated rings. The molecule has 12 nitrogen and oxygen atoms in total. The van der Waals surface area contributed by atoms with Crippen LogP contribution in [-0.2, 0) is 14.3 Å². The third-order valence-electron chi connectivity index (χ3n) is 8.97. The average Bonchev–Trinajstić information content (AvgIpc) is 3.70. The Morgan fingerprint density at radius 3 is 2.45 bits per heavy atom. The van der Waals surface area contributed by atoms with Crippen molar-refractivity contribution in [1.29, 1.82) is 0 Å². The Balaban J connectivity index is 1.11. The summed E-state index contributed by atoms with van der Waals surface area (Å²) in [5.74, 6) is 1.16. The van der Waals surface area contributed by atoms with E-state index in [4.69, 9.17) is 19.4 Å². The molecule has 1 aliphatic carbocycles. The van der Waals surface area contributed by atoms with Crippen LogP contribution in [0.3, 0.4) is 0 Å². The van der Waals surface area contributed by atoms with Crippen LogP contribution in [0.25, 0.3) is 16.9 Å². The number of para-hydroxylation sites is 2. The number of anilines is 2. The van der Waals surface area contributed by atoms with Crippen molar-refractivity contribution in [2.24, 2.45) is 5.92 Å². The zero-order valence-corrected chi connectivity index (χ0v) is 27.3. The first-order valence-corrected chi connectivity index (χ1v) is 16.6. The number of benzene rings is 1. The van der Waals surface area contributed by atoms with Gasteiger partial charge in [0.1, 0.15) is 23.3 Å². The summed E-state index contributed by atoms with van der Waals surface area (Å²) in [4.78, 5) is 43.1. The Kier molecular flexibility index (Phi) is 9.76. The summed E-state index contributed by atoms with van der Waals surface area (Å²) >= 11 is 0. The molecular formula is C33H44F2N8O4. The van der Waals surface area contributed by atoms with Gasteiger partial charge in [-0.3, -0.25) is 14.3 Å². The minimum Gasteiger partial charge on any atom is -0.444 e. The molecular weight excluding hydrogens is 610 g/mol. The van der Waals surface area contributed by atoms with Crippen molar-refractivity contribution in [3.05, 3.63) is 36.2 Å². The molecule has 0 bridgehead atoms. The van der Waals surface area contributed by atoms with Crippen molar-refractivity contribution in [3.63, 3.8) is 0 Å². The molecule has 254 valence electrons. The number of alkyl halides is 2. The number of carbonyl (C=O) groups excluding carboxylic acids is 2. The van der Waals surface area contributed by atoms with E-state index >= 15 is 0 Å². The summed E-state index contributed by atoms with van der Waals surface area (Å²) < 4.78 is 40.8. The van der Waals surface area contributed by atoms with Crippen LogP contribution >= 0.6 is 0 Å². The predicted octanol–water partition coefficient (Wildman–Crippen LogP) is 5.08. The first-order valence-electron chi connectivity index (χ1n) is 16.6. The molecule has 3 aromatic rings. The number of amides is 2. The Labute approximate surface area is 273 Å². The van der Waals surface area contributed by atoms with E-state index in [2.05, 4.69) is 20.5 Å². The van der Waals surface area contributed by atoms with E-state index in [-0.39, 0.29) is 17.8 Å².